The number of nitrogens with one attached hydrogen (secondary N) is 1. The van der Waals surface area contributed by atoms with Crippen molar-refractivity contribution < 1.29 is 9.53 Å². The van der Waals surface area contributed by atoms with Crippen molar-refractivity contribution in [2.45, 2.75) is 19.9 Å². The van der Waals surface area contributed by atoms with Gasteiger partial charge in [-0.1, -0.05) is 35.3 Å². The molecule has 2 aromatic carbocycles. The fraction of sp³-hybridized carbons (Fsp3) is 0.200. The van der Waals surface area contributed by atoms with Crippen molar-refractivity contribution in [1.82, 2.24) is 20.2 Å². The van der Waals surface area contributed by atoms with Gasteiger partial charge in [0.15, 0.2) is 5.82 Å². The highest BCUT2D eigenvalue weighted by molar-refractivity contribution is 6.31. The van der Waals surface area contributed by atoms with E-state index in [9.17, 15) is 4.79 Å². The monoisotopic (exact) mass is 493 g/mol. The van der Waals surface area contributed by atoms with Crippen LogP contribution < -0.4 is 4.90 Å². The number of rotatable bonds is 5. The topological polar surface area (TPSA) is 84.0 Å². The normalized spacial score (nSPS) is 13.0. The zero-order chi connectivity index (χ0) is 23.7. The van der Waals surface area contributed by atoms with E-state index in [4.69, 9.17) is 32.9 Å². The van der Waals surface area contributed by atoms with Gasteiger partial charge in [-0.25, -0.2) is 14.8 Å². The number of aromatic amines is 1. The molecule has 5 rings (SSSR count). The van der Waals surface area contributed by atoms with Crippen LogP contribution in [0.5, 0.6) is 0 Å². The molecule has 7 nitrogen and oxygen atoms in total. The summed E-state index contributed by atoms with van der Waals surface area (Å²) < 4.78 is 5.29. The first-order valence-corrected chi connectivity index (χ1v) is 11.7. The summed E-state index contributed by atoms with van der Waals surface area (Å²) in [6.07, 6.45) is 2.26. The maximum Gasteiger partial charge on any atom is 0.343 e. The summed E-state index contributed by atoms with van der Waals surface area (Å²) in [5, 5.41) is 8.99. The van der Waals surface area contributed by atoms with Crippen LogP contribution in [0.2, 0.25) is 10.0 Å². The summed E-state index contributed by atoms with van der Waals surface area (Å²) in [7, 11) is 0. The number of fused-ring (bicyclic) bond motifs is 1. The molecular weight excluding hydrogens is 473 g/mol. The van der Waals surface area contributed by atoms with Gasteiger partial charge in [0.05, 0.1) is 12.3 Å². The molecule has 9 heteroatoms. The summed E-state index contributed by atoms with van der Waals surface area (Å²) in [6, 6.07) is 14.9. The number of hydrogen-bond donors (Lipinski definition) is 1. The highest BCUT2D eigenvalue weighted by Gasteiger charge is 2.28. The Morgan fingerprint density at radius 2 is 1.94 bits per heavy atom. The number of aromatic nitrogens is 4. The zero-order valence-corrected chi connectivity index (χ0v) is 19.9. The number of benzene rings is 2. The molecule has 0 spiro atoms. The Morgan fingerprint density at radius 1 is 1.12 bits per heavy atom. The second-order valence-corrected chi connectivity index (χ2v) is 8.74. The molecule has 0 bridgehead atoms. The van der Waals surface area contributed by atoms with Gasteiger partial charge in [-0.05, 0) is 43.3 Å². The Hall–Kier alpha value is -3.42. The third-order valence-electron chi connectivity index (χ3n) is 5.70. The van der Waals surface area contributed by atoms with Crippen molar-refractivity contribution in [1.29, 1.82) is 0 Å². The number of carbonyl (C=O) groups excluding carboxylic acids is 1. The van der Waals surface area contributed by atoms with Gasteiger partial charge < -0.3 is 9.64 Å². The van der Waals surface area contributed by atoms with Crippen LogP contribution in [0.15, 0.2) is 54.7 Å². The maximum absolute atomic E-state index is 12.7. The van der Waals surface area contributed by atoms with Crippen LogP contribution in [0.1, 0.15) is 28.5 Å². The van der Waals surface area contributed by atoms with Crippen LogP contribution in [0.25, 0.3) is 22.6 Å². The van der Waals surface area contributed by atoms with Crippen molar-refractivity contribution >= 4 is 35.0 Å². The molecule has 172 valence electrons. The average molecular weight is 494 g/mol. The molecule has 0 saturated carbocycles. The molecule has 0 aliphatic carbocycles. The fourth-order valence-corrected chi connectivity index (χ4v) is 4.37. The Labute approximate surface area is 206 Å². The van der Waals surface area contributed by atoms with Crippen molar-refractivity contribution in [2.75, 3.05) is 18.1 Å². The molecule has 0 unspecified atom stereocenters. The molecule has 1 aliphatic heterocycles. The minimum Gasteiger partial charge on any atom is -0.462 e. The Kier molecular flexibility index (Phi) is 6.22. The van der Waals surface area contributed by atoms with E-state index in [1.165, 1.54) is 6.20 Å². The third kappa shape index (κ3) is 4.36. The highest BCUT2D eigenvalue weighted by atomic mass is 35.5. The summed E-state index contributed by atoms with van der Waals surface area (Å²) in [6.45, 7) is 3.23. The fourth-order valence-electron chi connectivity index (χ4n) is 4.06. The standard InChI is InChI=1S/C25H21Cl2N5O2/c1-2-34-25(33)19-13-28-23(15-6-8-17(26)9-7-15)29-24(19)32-11-10-21-20(14-32)22(31-30-21)16-4-3-5-18(27)12-16/h3-9,12-13H,2,10-11,14H2,1H3,(H,30,31). The first-order valence-electron chi connectivity index (χ1n) is 10.9. The van der Waals surface area contributed by atoms with Crippen LogP contribution in [-0.4, -0.2) is 39.3 Å². The van der Waals surface area contributed by atoms with Crippen molar-refractivity contribution in [3.8, 4) is 22.6 Å². The van der Waals surface area contributed by atoms with E-state index >= 15 is 0 Å². The number of carbonyl (C=O) groups is 1. The second kappa shape index (κ2) is 9.44. The first kappa shape index (κ1) is 22.4. The summed E-state index contributed by atoms with van der Waals surface area (Å²) in [5.41, 5.74) is 5.03. The van der Waals surface area contributed by atoms with E-state index < -0.39 is 5.97 Å². The molecule has 34 heavy (non-hydrogen) atoms. The molecule has 1 aliphatic rings. The number of anilines is 1. The van der Waals surface area contributed by atoms with Gasteiger partial charge in [-0.3, -0.25) is 5.10 Å². The summed E-state index contributed by atoms with van der Waals surface area (Å²) >= 11 is 12.3. The van der Waals surface area contributed by atoms with Crippen LogP contribution >= 0.6 is 23.2 Å². The van der Waals surface area contributed by atoms with E-state index in [1.54, 1.807) is 19.1 Å². The minimum absolute atomic E-state index is 0.266. The van der Waals surface area contributed by atoms with Crippen molar-refractivity contribution in [3.05, 3.63) is 81.6 Å². The molecule has 3 heterocycles. The Morgan fingerprint density at radius 3 is 2.71 bits per heavy atom. The van der Waals surface area contributed by atoms with E-state index in [2.05, 4.69) is 20.1 Å². The lowest BCUT2D eigenvalue weighted by atomic mass is 10.0. The SMILES string of the molecule is CCOC(=O)c1cnc(-c2ccc(Cl)cc2)nc1N1CCc2[nH]nc(-c3cccc(Cl)c3)c2C1. The zero-order valence-electron chi connectivity index (χ0n) is 18.4. The van der Waals surface area contributed by atoms with Crippen LogP contribution in [0, 0.1) is 0 Å². The molecule has 1 N–H and O–H groups in total. The van der Waals surface area contributed by atoms with Gasteiger partial charge in [0, 0.05) is 58.1 Å². The molecule has 2 aromatic heterocycles. The van der Waals surface area contributed by atoms with E-state index in [0.29, 0.717) is 40.3 Å². The van der Waals surface area contributed by atoms with E-state index in [0.717, 1.165) is 34.5 Å². The van der Waals surface area contributed by atoms with Gasteiger partial charge in [-0.2, -0.15) is 5.10 Å². The predicted octanol–water partition coefficient (Wildman–Crippen LogP) is 5.58. The number of esters is 1. The molecule has 0 amide bonds. The summed E-state index contributed by atoms with van der Waals surface area (Å²) in [5.74, 6) is 0.586. The Bertz CT molecular complexity index is 1350. The van der Waals surface area contributed by atoms with Gasteiger partial charge in [0.2, 0.25) is 0 Å². The molecule has 0 radical (unpaired) electrons. The van der Waals surface area contributed by atoms with Crippen molar-refractivity contribution in [2.24, 2.45) is 0 Å². The number of ether oxygens (including phenoxy) is 1. The largest absolute Gasteiger partial charge is 0.462 e. The lowest BCUT2D eigenvalue weighted by Gasteiger charge is -2.29. The van der Waals surface area contributed by atoms with E-state index in [1.807, 2.05) is 36.4 Å². The van der Waals surface area contributed by atoms with Crippen molar-refractivity contribution in [3.63, 3.8) is 0 Å². The lowest BCUT2D eigenvalue weighted by molar-refractivity contribution is 0.0526. The number of hydrogen-bond acceptors (Lipinski definition) is 6. The number of H-pyrrole nitrogens is 1. The van der Waals surface area contributed by atoms with Gasteiger partial charge in [0.25, 0.3) is 0 Å². The van der Waals surface area contributed by atoms with E-state index in [-0.39, 0.29) is 6.61 Å². The minimum atomic E-state index is -0.451. The number of halogens is 2. The average Bonchev–Trinajstić information content (AvgIpc) is 3.28. The second-order valence-electron chi connectivity index (χ2n) is 7.87. The smallest absolute Gasteiger partial charge is 0.343 e. The van der Waals surface area contributed by atoms with Gasteiger partial charge in [-0.15, -0.1) is 0 Å². The molecule has 0 fully saturated rings. The van der Waals surface area contributed by atoms with Crippen LogP contribution in [-0.2, 0) is 17.7 Å². The quantitative estimate of drug-likeness (QED) is 0.365. The third-order valence-corrected chi connectivity index (χ3v) is 6.18. The van der Waals surface area contributed by atoms with Crippen LogP contribution in [0.3, 0.4) is 0 Å². The Balaban J connectivity index is 1.55. The number of nitrogens with zero attached hydrogens (tertiary/aromatic N) is 4. The van der Waals surface area contributed by atoms with Gasteiger partial charge in [0.1, 0.15) is 11.4 Å². The molecule has 0 atom stereocenters. The first-order chi connectivity index (χ1) is 16.5. The molecule has 4 aromatic rings. The van der Waals surface area contributed by atoms with Crippen LogP contribution in [0.4, 0.5) is 5.82 Å². The lowest BCUT2D eigenvalue weighted by Crippen LogP contribution is -2.32. The highest BCUT2D eigenvalue weighted by Crippen LogP contribution is 2.33. The molecular formula is C25H21Cl2N5O2. The maximum atomic E-state index is 12.7. The predicted molar refractivity (Wildman–Crippen MR) is 132 cm³/mol. The molecule has 0 saturated heterocycles. The summed E-state index contributed by atoms with van der Waals surface area (Å²) in [4.78, 5) is 24.0. The van der Waals surface area contributed by atoms with Gasteiger partial charge >= 0.3 is 5.97 Å².